The molecule has 6 nitrogen and oxygen atoms in total. The van der Waals surface area contributed by atoms with Gasteiger partial charge in [0.2, 0.25) is 6.79 Å². The fraction of sp³-hybridized carbons (Fsp3) is 0.375. The zero-order valence-electron chi connectivity index (χ0n) is 12.7. The number of nitrogens with one attached hydrogen (secondary N) is 1. The van der Waals surface area contributed by atoms with Gasteiger partial charge in [0.05, 0.1) is 0 Å². The van der Waals surface area contributed by atoms with E-state index in [9.17, 15) is 0 Å². The second-order valence-electron chi connectivity index (χ2n) is 5.37. The lowest BCUT2D eigenvalue weighted by molar-refractivity contribution is 0.173. The highest BCUT2D eigenvalue weighted by Crippen LogP contribution is 2.35. The maximum atomic E-state index is 5.53. The molecule has 3 heterocycles. The Morgan fingerprint density at radius 2 is 2.09 bits per heavy atom. The molecular formula is C16H18N4O2S. The lowest BCUT2D eigenvalue weighted by atomic mass is 10.2. The van der Waals surface area contributed by atoms with Gasteiger partial charge < -0.3 is 19.7 Å². The summed E-state index contributed by atoms with van der Waals surface area (Å²) in [7, 11) is 0. The van der Waals surface area contributed by atoms with E-state index in [1.807, 2.05) is 36.0 Å². The summed E-state index contributed by atoms with van der Waals surface area (Å²) in [6.07, 6.45) is 1.62. The first-order chi connectivity index (χ1) is 11.4. The van der Waals surface area contributed by atoms with Gasteiger partial charge in [0.15, 0.2) is 11.5 Å². The van der Waals surface area contributed by atoms with Crippen molar-refractivity contribution in [3.8, 4) is 11.5 Å². The molecule has 0 atom stereocenters. The SMILES string of the molecule is c1cc(CNc2cc(N3CCSCC3)ncn2)c2c(c1)OCO2. The van der Waals surface area contributed by atoms with Gasteiger partial charge in [0, 0.05) is 42.8 Å². The molecule has 2 aliphatic rings. The number of anilines is 2. The van der Waals surface area contributed by atoms with Gasteiger partial charge in [-0.3, -0.25) is 0 Å². The highest BCUT2D eigenvalue weighted by Gasteiger charge is 2.17. The zero-order chi connectivity index (χ0) is 15.5. The van der Waals surface area contributed by atoms with E-state index in [4.69, 9.17) is 9.47 Å². The van der Waals surface area contributed by atoms with E-state index >= 15 is 0 Å². The molecule has 0 unspecified atom stereocenters. The van der Waals surface area contributed by atoms with Gasteiger partial charge in [0.1, 0.15) is 18.0 Å². The number of nitrogens with zero attached hydrogens (tertiary/aromatic N) is 3. The average molecular weight is 330 g/mol. The number of ether oxygens (including phenoxy) is 2. The predicted molar refractivity (Wildman–Crippen MR) is 91.5 cm³/mol. The molecular weight excluding hydrogens is 312 g/mol. The van der Waals surface area contributed by atoms with Crippen LogP contribution in [-0.2, 0) is 6.54 Å². The first-order valence-corrected chi connectivity index (χ1v) is 8.82. The van der Waals surface area contributed by atoms with Gasteiger partial charge in [0.25, 0.3) is 0 Å². The Balaban J connectivity index is 1.46. The highest BCUT2D eigenvalue weighted by atomic mass is 32.2. The van der Waals surface area contributed by atoms with Crippen LogP contribution in [0.3, 0.4) is 0 Å². The topological polar surface area (TPSA) is 59.5 Å². The summed E-state index contributed by atoms with van der Waals surface area (Å²) in [6, 6.07) is 7.94. The molecule has 7 heteroatoms. The molecule has 1 N–H and O–H groups in total. The standard InChI is InChI=1S/C16H18N4O2S/c1-2-12(16-13(3-1)21-11-22-16)9-17-14-8-15(19-10-18-14)20-4-6-23-7-5-20/h1-3,8,10H,4-7,9,11H2,(H,17,18,19). The second kappa shape index (κ2) is 6.54. The number of para-hydroxylation sites is 1. The highest BCUT2D eigenvalue weighted by molar-refractivity contribution is 7.99. The van der Waals surface area contributed by atoms with Crippen LogP contribution in [0.5, 0.6) is 11.5 Å². The lowest BCUT2D eigenvalue weighted by Gasteiger charge is -2.27. The molecule has 0 saturated carbocycles. The molecule has 0 amide bonds. The minimum atomic E-state index is 0.289. The number of hydrogen-bond donors (Lipinski definition) is 1. The third-order valence-corrected chi connectivity index (χ3v) is 4.87. The van der Waals surface area contributed by atoms with Crippen LogP contribution in [0.2, 0.25) is 0 Å². The molecule has 2 aromatic rings. The van der Waals surface area contributed by atoms with Crippen molar-refractivity contribution in [2.45, 2.75) is 6.54 Å². The molecule has 4 rings (SSSR count). The van der Waals surface area contributed by atoms with Crippen molar-refractivity contribution in [2.75, 3.05) is 41.6 Å². The Hall–Kier alpha value is -2.15. The molecule has 2 aliphatic heterocycles. The van der Waals surface area contributed by atoms with Crippen LogP contribution < -0.4 is 19.7 Å². The van der Waals surface area contributed by atoms with Crippen LogP contribution in [0, 0.1) is 0 Å². The van der Waals surface area contributed by atoms with Gasteiger partial charge in [-0.25, -0.2) is 9.97 Å². The summed E-state index contributed by atoms with van der Waals surface area (Å²) in [5, 5.41) is 3.35. The molecule has 1 saturated heterocycles. The summed E-state index contributed by atoms with van der Waals surface area (Å²) < 4.78 is 10.9. The zero-order valence-corrected chi connectivity index (χ0v) is 13.5. The van der Waals surface area contributed by atoms with Crippen molar-refractivity contribution in [1.29, 1.82) is 0 Å². The molecule has 1 aromatic heterocycles. The van der Waals surface area contributed by atoms with E-state index < -0.39 is 0 Å². The van der Waals surface area contributed by atoms with Crippen molar-refractivity contribution < 1.29 is 9.47 Å². The predicted octanol–water partition coefficient (Wildman–Crippen LogP) is 2.37. The van der Waals surface area contributed by atoms with Crippen molar-refractivity contribution in [1.82, 2.24) is 9.97 Å². The number of rotatable bonds is 4. The van der Waals surface area contributed by atoms with Gasteiger partial charge in [-0.15, -0.1) is 0 Å². The molecule has 120 valence electrons. The molecule has 23 heavy (non-hydrogen) atoms. The minimum Gasteiger partial charge on any atom is -0.454 e. The van der Waals surface area contributed by atoms with Gasteiger partial charge in [-0.05, 0) is 6.07 Å². The van der Waals surface area contributed by atoms with Crippen molar-refractivity contribution >= 4 is 23.4 Å². The first-order valence-electron chi connectivity index (χ1n) is 7.66. The van der Waals surface area contributed by atoms with Crippen LogP contribution in [0.4, 0.5) is 11.6 Å². The lowest BCUT2D eigenvalue weighted by Crippen LogP contribution is -2.33. The Bertz CT molecular complexity index is 692. The average Bonchev–Trinajstić information content (AvgIpc) is 3.10. The largest absolute Gasteiger partial charge is 0.454 e. The Morgan fingerprint density at radius 3 is 3.00 bits per heavy atom. The summed E-state index contributed by atoms with van der Waals surface area (Å²) in [6.45, 7) is 3.01. The molecule has 0 aliphatic carbocycles. The fourth-order valence-electron chi connectivity index (χ4n) is 2.72. The van der Waals surface area contributed by atoms with Crippen molar-refractivity contribution in [3.63, 3.8) is 0 Å². The third-order valence-electron chi connectivity index (χ3n) is 3.93. The van der Waals surface area contributed by atoms with Gasteiger partial charge >= 0.3 is 0 Å². The van der Waals surface area contributed by atoms with Crippen molar-refractivity contribution in [2.24, 2.45) is 0 Å². The van der Waals surface area contributed by atoms with Gasteiger partial charge in [-0.1, -0.05) is 12.1 Å². The summed E-state index contributed by atoms with van der Waals surface area (Å²) >= 11 is 1.99. The molecule has 0 bridgehead atoms. The van der Waals surface area contributed by atoms with Crippen LogP contribution in [0.15, 0.2) is 30.6 Å². The van der Waals surface area contributed by atoms with Crippen LogP contribution in [-0.4, -0.2) is 41.4 Å². The number of thioether (sulfide) groups is 1. The number of fused-ring (bicyclic) bond motifs is 1. The molecule has 1 fully saturated rings. The van der Waals surface area contributed by atoms with Crippen LogP contribution >= 0.6 is 11.8 Å². The third kappa shape index (κ3) is 3.14. The maximum Gasteiger partial charge on any atom is 0.231 e. The van der Waals surface area contributed by atoms with Gasteiger partial charge in [-0.2, -0.15) is 11.8 Å². The summed E-state index contributed by atoms with van der Waals surface area (Å²) in [4.78, 5) is 11.0. The Morgan fingerprint density at radius 1 is 1.17 bits per heavy atom. The summed E-state index contributed by atoms with van der Waals surface area (Å²) in [5.41, 5.74) is 1.06. The number of aromatic nitrogens is 2. The smallest absolute Gasteiger partial charge is 0.231 e. The molecule has 0 spiro atoms. The van der Waals surface area contributed by atoms with E-state index in [1.54, 1.807) is 6.33 Å². The van der Waals surface area contributed by atoms with E-state index in [-0.39, 0.29) is 6.79 Å². The van der Waals surface area contributed by atoms with E-state index in [1.165, 1.54) is 0 Å². The van der Waals surface area contributed by atoms with Crippen molar-refractivity contribution in [3.05, 3.63) is 36.2 Å². The Kier molecular flexibility index (Phi) is 4.10. The molecule has 1 aromatic carbocycles. The fourth-order valence-corrected chi connectivity index (χ4v) is 3.63. The number of benzene rings is 1. The normalized spacial score (nSPS) is 16.4. The Labute approximate surface area is 139 Å². The van der Waals surface area contributed by atoms with E-state index in [0.29, 0.717) is 6.54 Å². The van der Waals surface area contributed by atoms with E-state index in [0.717, 1.165) is 53.3 Å². The van der Waals surface area contributed by atoms with E-state index in [2.05, 4.69) is 20.2 Å². The monoisotopic (exact) mass is 330 g/mol. The quantitative estimate of drug-likeness (QED) is 0.923. The van der Waals surface area contributed by atoms with Crippen LogP contribution in [0.1, 0.15) is 5.56 Å². The maximum absolute atomic E-state index is 5.53. The first kappa shape index (κ1) is 14.4. The second-order valence-corrected chi connectivity index (χ2v) is 6.59. The van der Waals surface area contributed by atoms with Crippen LogP contribution in [0.25, 0.3) is 0 Å². The molecule has 0 radical (unpaired) electrons. The number of hydrogen-bond acceptors (Lipinski definition) is 7. The summed E-state index contributed by atoms with van der Waals surface area (Å²) in [5.74, 6) is 5.74. The minimum absolute atomic E-state index is 0.289.